The highest BCUT2D eigenvalue weighted by Gasteiger charge is 2.31. The summed E-state index contributed by atoms with van der Waals surface area (Å²) in [6.45, 7) is 0. The second-order valence-electron chi connectivity index (χ2n) is 34.0. The van der Waals surface area contributed by atoms with Gasteiger partial charge < -0.3 is 22.3 Å². The van der Waals surface area contributed by atoms with Gasteiger partial charge in [0, 0.05) is 120 Å². The van der Waals surface area contributed by atoms with Gasteiger partial charge in [-0.1, -0.05) is 328 Å². The van der Waals surface area contributed by atoms with Crippen LogP contribution in [0.4, 0.5) is 0 Å². The smallest absolute Gasteiger partial charge is 0.145 e. The molecule has 0 saturated carbocycles. The number of hydrogen-bond acceptors (Lipinski definition) is 4. The molecule has 9 aromatic heterocycles. The standard InChI is InChI=1S/C64H41N5.C58H37N5/c1-4-18-44(19-5-1)59-61-60-51-26-12-10-24-49(51)53(42-31-33-43(34-32-42)56-41-67-39-17-16-30-58(67)65-56)40-54(60)50-25-11-13-27-52(50)63(61)69(62(59)45-20-6-2-7-21-45)48-37-35-46(36-38-48)64-66-55-28-14-15-29-57(55)68(64)47-22-8-3-9-23-47;1-3-15-41(16-4-1)54-56-55-46-21-9-7-19-44(46)48(38-25-27-39(28-26-38)50-36-61-33-13-11-23-52(61)59-50)35-49(55)45-20-8-10-22-47(45)58(56)63(57(54)42-17-5-2-6-18-42)43-31-29-40(30-32-43)51-37-62-34-14-12-24-53(62)60-51/h1-41H;1-37H. The molecule has 0 aliphatic carbocycles. The minimum absolute atomic E-state index is 0.906. The average molecular weight is 1680 g/mol. The molecule has 10 heteroatoms. The monoisotopic (exact) mass is 1680 g/mol. The number of imidazole rings is 4. The van der Waals surface area contributed by atoms with Gasteiger partial charge >= 0.3 is 0 Å². The lowest BCUT2D eigenvalue weighted by atomic mass is 9.87. The fraction of sp³-hybridized carbons (Fsp3) is 0. The van der Waals surface area contributed by atoms with Crippen molar-refractivity contribution in [1.29, 1.82) is 0 Å². The quantitative estimate of drug-likeness (QED) is 0.108. The first-order chi connectivity index (χ1) is 65.5. The molecule has 0 N–H and O–H groups in total. The minimum atomic E-state index is 0.906. The first kappa shape index (κ1) is 75.5. The van der Waals surface area contributed by atoms with Gasteiger partial charge in [-0.05, 0) is 197 Å². The van der Waals surface area contributed by atoms with Gasteiger partial charge in [0.25, 0.3) is 0 Å². The number of nitrogens with zero attached hydrogens (tertiary/aromatic N) is 10. The number of hydrogen-bond donors (Lipinski definition) is 0. The zero-order chi connectivity index (χ0) is 86.9. The second kappa shape index (κ2) is 31.0. The van der Waals surface area contributed by atoms with E-state index in [2.05, 4.69) is 428 Å². The molecule has 10 nitrogen and oxygen atoms in total. The van der Waals surface area contributed by atoms with Crippen molar-refractivity contribution in [3.63, 3.8) is 0 Å². The highest BCUT2D eigenvalue weighted by Crippen LogP contribution is 2.55. The molecule has 27 aromatic rings. The lowest BCUT2D eigenvalue weighted by Gasteiger charge is -2.17. The van der Waals surface area contributed by atoms with E-state index in [1.165, 1.54) is 125 Å². The minimum Gasteiger partial charge on any atom is -0.308 e. The van der Waals surface area contributed by atoms with E-state index >= 15 is 0 Å². The summed E-state index contributed by atoms with van der Waals surface area (Å²) >= 11 is 0. The maximum atomic E-state index is 5.23. The van der Waals surface area contributed by atoms with Crippen LogP contribution >= 0.6 is 0 Å². The van der Waals surface area contributed by atoms with Gasteiger partial charge in [0.05, 0.1) is 50.5 Å². The Morgan fingerprint density at radius 2 is 0.500 bits per heavy atom. The Morgan fingerprint density at radius 3 is 0.902 bits per heavy atom. The van der Waals surface area contributed by atoms with E-state index < -0.39 is 0 Å². The number of fused-ring (bicyclic) bond motifs is 20. The lowest BCUT2D eigenvalue weighted by Crippen LogP contribution is -2.00. The lowest BCUT2D eigenvalue weighted by molar-refractivity contribution is 1.10. The summed E-state index contributed by atoms with van der Waals surface area (Å²) in [6.07, 6.45) is 12.4. The summed E-state index contributed by atoms with van der Waals surface area (Å²) < 4.78 is 13.5. The summed E-state index contributed by atoms with van der Waals surface area (Å²) in [7, 11) is 0. The first-order valence-corrected chi connectivity index (χ1v) is 44.9. The van der Waals surface area contributed by atoms with Crippen molar-refractivity contribution < 1.29 is 0 Å². The van der Waals surface area contributed by atoms with Crippen LogP contribution in [0.1, 0.15) is 0 Å². The Kier molecular flexibility index (Phi) is 17.7. The molecule has 18 aromatic carbocycles. The van der Waals surface area contributed by atoms with Gasteiger partial charge in [-0.3, -0.25) is 4.57 Å². The van der Waals surface area contributed by atoms with Crippen LogP contribution in [0.15, 0.2) is 474 Å². The SMILES string of the molecule is c1ccc(-c2c(-c3ccccc3)n(-c3ccc(-c4cn5ccccc5n4)cc3)c3c4ccccc4c4cc(-c5ccc(-c6cn7ccccc7n6)cc5)c5ccccc5c4c23)cc1.c1ccc(-c2c(-c3ccccc3)n(-c3ccc(-c4nc5ccccc5n4-c4ccccc4)cc3)c3c4ccccc4c4cc(-c5ccc(-c6cn7ccccc7n6)cc5)c5ccccc5c4c23)cc1. The molecule has 9 heterocycles. The van der Waals surface area contributed by atoms with Crippen LogP contribution < -0.4 is 0 Å². The van der Waals surface area contributed by atoms with Crippen LogP contribution in [0.2, 0.25) is 0 Å². The Morgan fingerprint density at radius 1 is 0.189 bits per heavy atom. The van der Waals surface area contributed by atoms with Crippen molar-refractivity contribution in [2.45, 2.75) is 0 Å². The molecule has 0 bridgehead atoms. The average Bonchev–Trinajstić information content (AvgIpc) is 1.53. The topological polar surface area (TPSA) is 79.6 Å². The molecule has 0 radical (unpaired) electrons. The van der Waals surface area contributed by atoms with E-state index in [0.717, 1.165) is 118 Å². The third-order valence-corrected chi connectivity index (χ3v) is 26.6. The summed E-state index contributed by atoms with van der Waals surface area (Å²) in [5.41, 5.74) is 31.7. The van der Waals surface area contributed by atoms with Gasteiger partial charge in [0.2, 0.25) is 0 Å². The van der Waals surface area contributed by atoms with Crippen molar-refractivity contribution >= 4 is 114 Å². The second-order valence-corrected chi connectivity index (χ2v) is 34.0. The number of aromatic nitrogens is 10. The van der Waals surface area contributed by atoms with Crippen LogP contribution in [0.5, 0.6) is 0 Å². The number of rotatable bonds is 13. The van der Waals surface area contributed by atoms with Gasteiger partial charge in [-0.2, -0.15) is 0 Å². The number of benzene rings is 18. The highest BCUT2D eigenvalue weighted by molar-refractivity contribution is 6.38. The van der Waals surface area contributed by atoms with E-state index in [9.17, 15) is 0 Å². The Balaban J connectivity index is 0.000000139. The fourth-order valence-corrected chi connectivity index (χ4v) is 20.7. The summed E-state index contributed by atoms with van der Waals surface area (Å²) in [5, 5.41) is 17.1. The normalized spacial score (nSPS) is 11.8. The van der Waals surface area contributed by atoms with Crippen molar-refractivity contribution in [1.82, 2.24) is 46.8 Å². The van der Waals surface area contributed by atoms with Crippen molar-refractivity contribution in [3.8, 4) is 129 Å². The van der Waals surface area contributed by atoms with Crippen LogP contribution in [0, 0.1) is 0 Å². The number of pyridine rings is 3. The van der Waals surface area contributed by atoms with Gasteiger partial charge in [0.1, 0.15) is 22.8 Å². The summed E-state index contributed by atoms with van der Waals surface area (Å²) in [6, 6.07) is 158. The van der Waals surface area contributed by atoms with Gasteiger partial charge in [-0.15, -0.1) is 0 Å². The van der Waals surface area contributed by atoms with Gasteiger partial charge in [-0.25, -0.2) is 19.9 Å². The Hall–Kier alpha value is -17.9. The predicted molar refractivity (Wildman–Crippen MR) is 547 cm³/mol. The first-order valence-electron chi connectivity index (χ1n) is 44.9. The van der Waals surface area contributed by atoms with E-state index in [1.807, 2.05) is 73.2 Å². The molecule has 0 saturated heterocycles. The molecule has 0 amide bonds. The van der Waals surface area contributed by atoms with E-state index in [4.69, 9.17) is 19.9 Å². The van der Waals surface area contributed by atoms with Crippen molar-refractivity contribution in [2.24, 2.45) is 0 Å². The third-order valence-electron chi connectivity index (χ3n) is 26.6. The number of para-hydroxylation sites is 3. The zero-order valence-electron chi connectivity index (χ0n) is 71.5. The Labute approximate surface area is 759 Å². The summed E-state index contributed by atoms with van der Waals surface area (Å²) in [4.78, 5) is 20.0. The molecule has 0 fully saturated rings. The van der Waals surface area contributed by atoms with Crippen LogP contribution in [-0.4, -0.2) is 46.8 Å². The van der Waals surface area contributed by atoms with E-state index in [0.29, 0.717) is 0 Å². The van der Waals surface area contributed by atoms with Crippen LogP contribution in [0.3, 0.4) is 0 Å². The molecule has 0 spiro atoms. The molecule has 0 atom stereocenters. The molecule has 0 aliphatic heterocycles. The zero-order valence-corrected chi connectivity index (χ0v) is 71.5. The molecule has 0 unspecified atom stereocenters. The van der Waals surface area contributed by atoms with Crippen molar-refractivity contribution in [3.05, 3.63) is 474 Å². The molecule has 0 aliphatic rings. The molecular formula is C122H78N10. The van der Waals surface area contributed by atoms with Crippen molar-refractivity contribution in [2.75, 3.05) is 0 Å². The maximum absolute atomic E-state index is 5.23. The van der Waals surface area contributed by atoms with Crippen LogP contribution in [0.25, 0.3) is 244 Å². The molecule has 132 heavy (non-hydrogen) atoms. The molecule has 616 valence electrons. The van der Waals surface area contributed by atoms with E-state index in [1.54, 1.807) is 0 Å². The predicted octanol–water partition coefficient (Wildman–Crippen LogP) is 31.1. The van der Waals surface area contributed by atoms with Crippen LogP contribution in [-0.2, 0) is 0 Å². The largest absolute Gasteiger partial charge is 0.308 e. The van der Waals surface area contributed by atoms with E-state index in [-0.39, 0.29) is 0 Å². The molecular weight excluding hydrogens is 1610 g/mol. The molecule has 27 rings (SSSR count). The highest BCUT2D eigenvalue weighted by atomic mass is 15.1. The fourth-order valence-electron chi connectivity index (χ4n) is 20.7. The third kappa shape index (κ3) is 12.4. The Bertz CT molecular complexity index is 9110. The van der Waals surface area contributed by atoms with Gasteiger partial charge in [0.15, 0.2) is 0 Å². The summed E-state index contributed by atoms with van der Waals surface area (Å²) in [5.74, 6) is 0.906. The maximum Gasteiger partial charge on any atom is 0.145 e.